The molecule has 0 radical (unpaired) electrons. The van der Waals surface area contributed by atoms with Gasteiger partial charge in [-0.1, -0.05) is 18.7 Å². The molecule has 13 heavy (non-hydrogen) atoms. The van der Waals surface area contributed by atoms with Crippen LogP contribution in [0.15, 0.2) is 17.6 Å². The Kier molecular flexibility index (Phi) is 3.36. The van der Waals surface area contributed by atoms with Crippen LogP contribution >= 0.6 is 11.8 Å². The number of hydrogen-bond donors (Lipinski definition) is 2. The number of aryl methyl sites for hydroxylation is 1. The van der Waals surface area contributed by atoms with Gasteiger partial charge in [-0.05, 0) is 6.42 Å². The van der Waals surface area contributed by atoms with Gasteiger partial charge in [-0.15, -0.1) is 0 Å². The third kappa shape index (κ3) is 2.48. The summed E-state index contributed by atoms with van der Waals surface area (Å²) in [5.41, 5.74) is 5.44. The van der Waals surface area contributed by atoms with Crippen molar-refractivity contribution in [3.63, 3.8) is 0 Å². The van der Waals surface area contributed by atoms with Crippen LogP contribution in [0.25, 0.3) is 0 Å². The molecule has 5 heteroatoms. The summed E-state index contributed by atoms with van der Waals surface area (Å²) in [4.78, 5) is 4.16. The fourth-order valence-corrected chi connectivity index (χ4v) is 1.86. The molecule has 1 unspecified atom stereocenters. The highest BCUT2D eigenvalue weighted by Gasteiger charge is 2.13. The van der Waals surface area contributed by atoms with E-state index >= 15 is 0 Å². The van der Waals surface area contributed by atoms with Crippen LogP contribution in [0, 0.1) is 5.41 Å². The van der Waals surface area contributed by atoms with Crippen LogP contribution in [0.3, 0.4) is 0 Å². The van der Waals surface area contributed by atoms with Gasteiger partial charge >= 0.3 is 0 Å². The van der Waals surface area contributed by atoms with E-state index in [0.717, 1.165) is 11.6 Å². The molecule has 3 N–H and O–H groups in total. The largest absolute Gasteiger partial charge is 0.387 e. The topological polar surface area (TPSA) is 67.7 Å². The summed E-state index contributed by atoms with van der Waals surface area (Å²) < 4.78 is 1.93. The second-order valence-corrected chi connectivity index (χ2v) is 3.96. The van der Waals surface area contributed by atoms with E-state index in [4.69, 9.17) is 11.1 Å². The van der Waals surface area contributed by atoms with Crippen molar-refractivity contribution in [3.8, 4) is 0 Å². The summed E-state index contributed by atoms with van der Waals surface area (Å²) in [6.07, 6.45) is 4.48. The van der Waals surface area contributed by atoms with Crippen molar-refractivity contribution in [2.24, 2.45) is 12.8 Å². The van der Waals surface area contributed by atoms with Crippen LogP contribution < -0.4 is 5.73 Å². The zero-order chi connectivity index (χ0) is 9.84. The number of rotatable bonds is 4. The van der Waals surface area contributed by atoms with E-state index in [1.54, 1.807) is 6.20 Å². The normalized spacial score (nSPS) is 12.8. The smallest absolute Gasteiger partial charge is 0.168 e. The van der Waals surface area contributed by atoms with Crippen LogP contribution in [0.4, 0.5) is 0 Å². The average molecular weight is 198 g/mol. The Morgan fingerprint density at radius 3 is 2.92 bits per heavy atom. The monoisotopic (exact) mass is 198 g/mol. The third-order valence-electron chi connectivity index (χ3n) is 1.74. The van der Waals surface area contributed by atoms with Gasteiger partial charge in [0.05, 0.1) is 5.25 Å². The molecule has 0 aliphatic heterocycles. The molecule has 0 bridgehead atoms. The van der Waals surface area contributed by atoms with Crippen LogP contribution in [-0.2, 0) is 7.05 Å². The standard InChI is InChI=1S/C8H14N4S/c1-3-6(7(9)10)13-8-11-4-5-12(8)2/h4-6H,3H2,1-2H3,(H3,9,10). The first kappa shape index (κ1) is 10.1. The minimum Gasteiger partial charge on any atom is -0.387 e. The molecule has 1 aromatic heterocycles. The Morgan fingerprint density at radius 1 is 1.85 bits per heavy atom. The minimum atomic E-state index is 0.0427. The fraction of sp³-hybridized carbons (Fsp3) is 0.500. The molecular weight excluding hydrogens is 184 g/mol. The summed E-state index contributed by atoms with van der Waals surface area (Å²) >= 11 is 1.53. The molecule has 0 aliphatic rings. The number of imidazole rings is 1. The number of hydrogen-bond acceptors (Lipinski definition) is 3. The molecule has 0 saturated carbocycles. The van der Waals surface area contributed by atoms with Crippen molar-refractivity contribution in [2.45, 2.75) is 23.8 Å². The van der Waals surface area contributed by atoms with E-state index in [1.807, 2.05) is 24.7 Å². The molecule has 1 aromatic rings. The maximum atomic E-state index is 7.34. The van der Waals surface area contributed by atoms with Crippen molar-refractivity contribution >= 4 is 17.6 Å². The third-order valence-corrected chi connectivity index (χ3v) is 3.22. The molecule has 4 nitrogen and oxygen atoms in total. The Balaban J connectivity index is 2.67. The Bertz CT molecular complexity index is 294. The van der Waals surface area contributed by atoms with Gasteiger partial charge in [0.25, 0.3) is 0 Å². The van der Waals surface area contributed by atoms with Gasteiger partial charge in [0.2, 0.25) is 0 Å². The SMILES string of the molecule is CCC(Sc1nccn1C)C(=N)N. The predicted molar refractivity (Wildman–Crippen MR) is 55.1 cm³/mol. The van der Waals surface area contributed by atoms with Gasteiger partial charge in [0.15, 0.2) is 5.16 Å². The molecule has 1 atom stereocenters. The van der Waals surface area contributed by atoms with E-state index in [-0.39, 0.29) is 11.1 Å². The molecule has 0 fully saturated rings. The molecule has 0 aromatic carbocycles. The minimum absolute atomic E-state index is 0.0427. The van der Waals surface area contributed by atoms with Crippen LogP contribution in [0.1, 0.15) is 13.3 Å². The quantitative estimate of drug-likeness (QED) is 0.434. The maximum Gasteiger partial charge on any atom is 0.168 e. The highest BCUT2D eigenvalue weighted by atomic mass is 32.2. The van der Waals surface area contributed by atoms with Crippen LogP contribution in [0.2, 0.25) is 0 Å². The van der Waals surface area contributed by atoms with Crippen LogP contribution in [0.5, 0.6) is 0 Å². The van der Waals surface area contributed by atoms with Gasteiger partial charge in [-0.2, -0.15) is 0 Å². The average Bonchev–Trinajstić information content (AvgIpc) is 2.46. The first-order valence-electron chi connectivity index (χ1n) is 4.13. The zero-order valence-electron chi connectivity index (χ0n) is 7.82. The second-order valence-electron chi connectivity index (χ2n) is 2.79. The van der Waals surface area contributed by atoms with Gasteiger partial charge in [-0.3, -0.25) is 5.41 Å². The van der Waals surface area contributed by atoms with E-state index in [0.29, 0.717) is 0 Å². The lowest BCUT2D eigenvalue weighted by Crippen LogP contribution is -2.24. The number of nitrogens with zero attached hydrogens (tertiary/aromatic N) is 2. The van der Waals surface area contributed by atoms with Gasteiger partial charge in [0.1, 0.15) is 5.84 Å². The summed E-state index contributed by atoms with van der Waals surface area (Å²) in [5.74, 6) is 0.218. The first-order chi connectivity index (χ1) is 6.15. The first-order valence-corrected chi connectivity index (χ1v) is 5.01. The number of nitrogens with two attached hydrogens (primary N) is 1. The maximum absolute atomic E-state index is 7.34. The lowest BCUT2D eigenvalue weighted by molar-refractivity contribution is 0.786. The van der Waals surface area contributed by atoms with Crippen molar-refractivity contribution in [1.29, 1.82) is 5.41 Å². The summed E-state index contributed by atoms with van der Waals surface area (Å²) in [6, 6.07) is 0. The highest BCUT2D eigenvalue weighted by Crippen LogP contribution is 2.22. The van der Waals surface area contributed by atoms with E-state index in [1.165, 1.54) is 11.8 Å². The highest BCUT2D eigenvalue weighted by molar-refractivity contribution is 8.00. The van der Waals surface area contributed by atoms with Crippen molar-refractivity contribution in [2.75, 3.05) is 0 Å². The van der Waals surface area contributed by atoms with E-state index in [9.17, 15) is 0 Å². The van der Waals surface area contributed by atoms with Crippen molar-refractivity contribution in [1.82, 2.24) is 9.55 Å². The van der Waals surface area contributed by atoms with Gasteiger partial charge in [-0.25, -0.2) is 4.98 Å². The second kappa shape index (κ2) is 4.32. The molecule has 0 aliphatic carbocycles. The van der Waals surface area contributed by atoms with Gasteiger partial charge in [0, 0.05) is 19.4 Å². The molecule has 0 saturated heterocycles. The fourth-order valence-electron chi connectivity index (χ4n) is 0.959. The zero-order valence-corrected chi connectivity index (χ0v) is 8.64. The van der Waals surface area contributed by atoms with Crippen molar-refractivity contribution in [3.05, 3.63) is 12.4 Å². The number of aromatic nitrogens is 2. The van der Waals surface area contributed by atoms with Gasteiger partial charge < -0.3 is 10.3 Å². The summed E-state index contributed by atoms with van der Waals surface area (Å²) in [7, 11) is 1.93. The molecule has 0 amide bonds. The predicted octanol–water partition coefficient (Wildman–Crippen LogP) is 1.23. The number of nitrogens with one attached hydrogen (secondary N) is 1. The molecule has 0 spiro atoms. The van der Waals surface area contributed by atoms with E-state index < -0.39 is 0 Å². The van der Waals surface area contributed by atoms with E-state index in [2.05, 4.69) is 4.98 Å². The molecular formula is C8H14N4S. The Morgan fingerprint density at radius 2 is 2.54 bits per heavy atom. The summed E-state index contributed by atoms with van der Waals surface area (Å²) in [5, 5.41) is 8.29. The van der Waals surface area contributed by atoms with Crippen LogP contribution in [-0.4, -0.2) is 20.6 Å². The lowest BCUT2D eigenvalue weighted by atomic mass is 10.3. The summed E-state index contributed by atoms with van der Waals surface area (Å²) in [6.45, 7) is 2.02. The molecule has 72 valence electrons. The number of amidine groups is 1. The Labute approximate surface area is 82.0 Å². The lowest BCUT2D eigenvalue weighted by Gasteiger charge is -2.11. The molecule has 1 heterocycles. The van der Waals surface area contributed by atoms with Crippen molar-refractivity contribution < 1.29 is 0 Å². The number of thioether (sulfide) groups is 1. The molecule has 1 rings (SSSR count). The Hall–Kier alpha value is -0.970.